The number of rotatable bonds is 41. The molecule has 0 aromatic rings. The number of likely N-dealkylation sites (N-methyl/N-ethyl adjacent to an activating group) is 1. The first kappa shape index (κ1) is 53.0. The highest BCUT2D eigenvalue weighted by molar-refractivity contribution is 7.47. The Morgan fingerprint density at radius 1 is 0.630 bits per heavy atom. The Morgan fingerprint density at radius 2 is 1.06 bits per heavy atom. The summed E-state index contributed by atoms with van der Waals surface area (Å²) in [5, 5.41) is 14.0. The molecule has 0 aromatic carbocycles. The maximum Gasteiger partial charge on any atom is 0.472 e. The third kappa shape index (κ3) is 39.2. The predicted molar refractivity (Wildman–Crippen MR) is 231 cm³/mol. The second kappa shape index (κ2) is 37.6. The summed E-state index contributed by atoms with van der Waals surface area (Å²) >= 11 is 0. The van der Waals surface area contributed by atoms with Gasteiger partial charge in [0.05, 0.1) is 39.9 Å². The van der Waals surface area contributed by atoms with Crippen LogP contribution in [-0.4, -0.2) is 73.4 Å². The Balaban J connectivity index is 4.36. The zero-order chi connectivity index (χ0) is 40.0. The fourth-order valence-corrected chi connectivity index (χ4v) is 7.28. The van der Waals surface area contributed by atoms with Crippen LogP contribution >= 0.6 is 7.82 Å². The number of amides is 1. The molecule has 0 spiro atoms. The molecule has 0 radical (unpaired) electrons. The molecule has 0 rings (SSSR count). The van der Waals surface area contributed by atoms with Gasteiger partial charge in [-0.1, -0.05) is 179 Å². The molecular formula is C45H90N2O6P+. The summed E-state index contributed by atoms with van der Waals surface area (Å²) in [6.45, 7) is 4.87. The number of phosphoric acid groups is 1. The average molecular weight is 786 g/mol. The highest BCUT2D eigenvalue weighted by Gasteiger charge is 2.28. The zero-order valence-electron chi connectivity index (χ0n) is 36.2. The number of nitrogens with zero attached hydrogens (tertiary/aromatic N) is 1. The molecule has 0 fully saturated rings. The molecule has 320 valence electrons. The fourth-order valence-electron chi connectivity index (χ4n) is 6.55. The van der Waals surface area contributed by atoms with E-state index >= 15 is 0 Å². The van der Waals surface area contributed by atoms with Crippen molar-refractivity contribution in [1.29, 1.82) is 0 Å². The second-order valence-corrected chi connectivity index (χ2v) is 18.2. The van der Waals surface area contributed by atoms with Crippen molar-refractivity contribution in [2.75, 3.05) is 40.9 Å². The fraction of sp³-hybridized carbons (Fsp3) is 0.889. The minimum atomic E-state index is -4.31. The van der Waals surface area contributed by atoms with Crippen LogP contribution in [0.3, 0.4) is 0 Å². The summed E-state index contributed by atoms with van der Waals surface area (Å²) in [6, 6.07) is -0.762. The van der Waals surface area contributed by atoms with E-state index in [2.05, 4.69) is 43.5 Å². The lowest BCUT2D eigenvalue weighted by Gasteiger charge is -2.26. The van der Waals surface area contributed by atoms with Gasteiger partial charge in [-0.05, 0) is 44.9 Å². The summed E-state index contributed by atoms with van der Waals surface area (Å²) in [7, 11) is 1.61. The van der Waals surface area contributed by atoms with Crippen LogP contribution in [0.15, 0.2) is 24.3 Å². The van der Waals surface area contributed by atoms with E-state index < -0.39 is 20.0 Å². The lowest BCUT2D eigenvalue weighted by Crippen LogP contribution is -2.46. The molecule has 9 heteroatoms. The van der Waals surface area contributed by atoms with Crippen molar-refractivity contribution in [3.05, 3.63) is 24.3 Å². The molecule has 3 N–H and O–H groups in total. The molecule has 0 aliphatic rings. The van der Waals surface area contributed by atoms with E-state index in [0.717, 1.165) is 51.4 Å². The summed E-state index contributed by atoms with van der Waals surface area (Å²) in [5.41, 5.74) is 0. The Morgan fingerprint density at radius 3 is 1.54 bits per heavy atom. The van der Waals surface area contributed by atoms with Crippen molar-refractivity contribution in [2.45, 2.75) is 219 Å². The van der Waals surface area contributed by atoms with E-state index in [4.69, 9.17) is 9.05 Å². The topological polar surface area (TPSA) is 105 Å². The highest BCUT2D eigenvalue weighted by Crippen LogP contribution is 2.43. The van der Waals surface area contributed by atoms with E-state index in [1.54, 1.807) is 0 Å². The van der Waals surface area contributed by atoms with Gasteiger partial charge < -0.3 is 19.8 Å². The Kier molecular flexibility index (Phi) is 36.8. The van der Waals surface area contributed by atoms with Gasteiger partial charge in [-0.15, -0.1) is 0 Å². The van der Waals surface area contributed by atoms with Crippen LogP contribution < -0.4 is 5.32 Å². The number of hydrogen-bond donors (Lipinski definition) is 3. The van der Waals surface area contributed by atoms with E-state index in [0.29, 0.717) is 23.9 Å². The molecule has 0 aliphatic heterocycles. The van der Waals surface area contributed by atoms with Crippen LogP contribution in [-0.2, 0) is 18.4 Å². The van der Waals surface area contributed by atoms with Gasteiger partial charge >= 0.3 is 7.82 Å². The summed E-state index contributed by atoms with van der Waals surface area (Å²) in [4.78, 5) is 23.1. The number of unbranched alkanes of at least 4 members (excludes halogenated alkanes) is 24. The Labute approximate surface area is 334 Å². The highest BCUT2D eigenvalue weighted by atomic mass is 31.2. The summed E-state index contributed by atoms with van der Waals surface area (Å²) < 4.78 is 23.6. The predicted octanol–water partition coefficient (Wildman–Crippen LogP) is 12.5. The van der Waals surface area contributed by atoms with Crippen LogP contribution in [0.1, 0.15) is 206 Å². The van der Waals surface area contributed by atoms with Crippen LogP contribution in [0.4, 0.5) is 0 Å². The van der Waals surface area contributed by atoms with Crippen molar-refractivity contribution in [3.63, 3.8) is 0 Å². The van der Waals surface area contributed by atoms with Crippen molar-refractivity contribution in [2.24, 2.45) is 0 Å². The second-order valence-electron chi connectivity index (χ2n) is 16.8. The van der Waals surface area contributed by atoms with E-state index in [1.807, 2.05) is 21.1 Å². The molecule has 3 unspecified atom stereocenters. The number of aliphatic hydroxyl groups is 1. The average Bonchev–Trinajstić information content (AvgIpc) is 3.12. The molecule has 0 bridgehead atoms. The lowest BCUT2D eigenvalue weighted by atomic mass is 10.0. The first-order valence-corrected chi connectivity index (χ1v) is 24.2. The molecule has 0 aromatic heterocycles. The van der Waals surface area contributed by atoms with Gasteiger partial charge in [0.25, 0.3) is 0 Å². The summed E-state index contributed by atoms with van der Waals surface area (Å²) in [6.07, 6.45) is 43.4. The van der Waals surface area contributed by atoms with E-state index in [-0.39, 0.29) is 19.1 Å². The Hall–Kier alpha value is -1.02. The number of hydrogen-bond acceptors (Lipinski definition) is 5. The van der Waals surface area contributed by atoms with Crippen molar-refractivity contribution in [3.8, 4) is 0 Å². The Bertz CT molecular complexity index is 938. The number of phosphoric ester groups is 1. The number of quaternary nitrogens is 1. The number of aliphatic hydroxyl groups excluding tert-OH is 1. The molecular weight excluding hydrogens is 695 g/mol. The van der Waals surface area contributed by atoms with Crippen LogP contribution in [0.2, 0.25) is 0 Å². The lowest BCUT2D eigenvalue weighted by molar-refractivity contribution is -0.870. The van der Waals surface area contributed by atoms with Crippen LogP contribution in [0, 0.1) is 0 Å². The number of allylic oxidation sites excluding steroid dienone is 4. The van der Waals surface area contributed by atoms with E-state index in [1.165, 1.54) is 128 Å². The SMILES string of the molecule is CCCCCC/C=C\C/C=C\CCCCCCCCCC(=O)NC(COP(=O)(O)OCC[N+](C)(C)C)C(O)CCCCCCCCCCCCCCCC. The van der Waals surface area contributed by atoms with Crippen molar-refractivity contribution in [1.82, 2.24) is 5.32 Å². The van der Waals surface area contributed by atoms with Crippen molar-refractivity contribution >= 4 is 13.7 Å². The molecule has 3 atom stereocenters. The molecule has 0 saturated heterocycles. The third-order valence-electron chi connectivity index (χ3n) is 10.2. The zero-order valence-corrected chi connectivity index (χ0v) is 37.1. The van der Waals surface area contributed by atoms with Crippen LogP contribution in [0.25, 0.3) is 0 Å². The first-order valence-electron chi connectivity index (χ1n) is 22.7. The van der Waals surface area contributed by atoms with Crippen molar-refractivity contribution < 1.29 is 32.9 Å². The third-order valence-corrected chi connectivity index (χ3v) is 11.2. The van der Waals surface area contributed by atoms with Gasteiger partial charge in [0.2, 0.25) is 5.91 Å². The molecule has 0 aliphatic carbocycles. The number of nitrogens with one attached hydrogen (secondary N) is 1. The molecule has 8 nitrogen and oxygen atoms in total. The van der Waals surface area contributed by atoms with E-state index in [9.17, 15) is 19.4 Å². The quantitative estimate of drug-likeness (QED) is 0.0247. The monoisotopic (exact) mass is 786 g/mol. The smallest absolute Gasteiger partial charge is 0.391 e. The normalized spacial score (nSPS) is 14.6. The first-order chi connectivity index (χ1) is 26.0. The maximum atomic E-state index is 12.9. The van der Waals surface area contributed by atoms with Crippen LogP contribution in [0.5, 0.6) is 0 Å². The van der Waals surface area contributed by atoms with Gasteiger partial charge in [0, 0.05) is 6.42 Å². The standard InChI is InChI=1S/C45H89N2O6P/c1-6-8-10-12-14-16-18-20-22-23-24-25-27-29-31-33-35-37-39-45(49)46-43(42-53-54(50,51)52-41-40-47(3,4)5)44(48)38-36-34-32-30-28-26-21-19-17-15-13-11-9-7-2/h16,18,22-23,43-44,48H,6-15,17,19-21,24-42H2,1-5H3,(H-,46,49,50,51)/p+1/b18-16-,23-22-. The molecule has 0 heterocycles. The minimum absolute atomic E-state index is 0.0735. The maximum absolute atomic E-state index is 12.9. The van der Waals surface area contributed by atoms with Gasteiger partial charge in [0.15, 0.2) is 0 Å². The number of carbonyl (C=O) groups excluding carboxylic acids is 1. The minimum Gasteiger partial charge on any atom is -0.391 e. The van der Waals surface area contributed by atoms with Gasteiger partial charge in [-0.2, -0.15) is 0 Å². The van der Waals surface area contributed by atoms with Gasteiger partial charge in [0.1, 0.15) is 13.2 Å². The van der Waals surface area contributed by atoms with Gasteiger partial charge in [-0.3, -0.25) is 13.8 Å². The number of carbonyl (C=O) groups is 1. The molecule has 0 saturated carbocycles. The molecule has 54 heavy (non-hydrogen) atoms. The molecule has 1 amide bonds. The summed E-state index contributed by atoms with van der Waals surface area (Å²) in [5.74, 6) is -0.152. The largest absolute Gasteiger partial charge is 0.472 e. The van der Waals surface area contributed by atoms with Gasteiger partial charge in [-0.25, -0.2) is 4.57 Å².